The molecule has 0 radical (unpaired) electrons. The molecule has 3 heterocycles. The molecule has 4 aromatic rings. The number of amides is 1. The topological polar surface area (TPSA) is 97.7 Å². The lowest BCUT2D eigenvalue weighted by molar-refractivity contribution is -0.123. The lowest BCUT2D eigenvalue weighted by Gasteiger charge is -2.29. The van der Waals surface area contributed by atoms with Crippen molar-refractivity contribution in [2.75, 3.05) is 24.4 Å². The third kappa shape index (κ3) is 5.65. The van der Waals surface area contributed by atoms with Gasteiger partial charge in [0.15, 0.2) is 5.11 Å². The normalized spacial score (nSPS) is 16.4. The molecule has 0 aliphatic carbocycles. The molecule has 2 aromatic carbocycles. The fourth-order valence-electron chi connectivity index (χ4n) is 5.60. The van der Waals surface area contributed by atoms with Gasteiger partial charge in [-0.25, -0.2) is 4.79 Å². The number of anilines is 2. The van der Waals surface area contributed by atoms with E-state index in [1.165, 1.54) is 7.11 Å². The number of para-hydroxylation sites is 1. The molecule has 1 amide bonds. The molecule has 1 saturated heterocycles. The second-order valence-electron chi connectivity index (χ2n) is 11.8. The number of rotatable bonds is 7. The number of carbonyl (C=O) groups excluding carboxylic acids is 2. The van der Waals surface area contributed by atoms with Crippen LogP contribution in [-0.4, -0.2) is 40.8 Å². The van der Waals surface area contributed by atoms with Gasteiger partial charge in [0.25, 0.3) is 0 Å². The predicted octanol–water partition coefficient (Wildman–Crippen LogP) is 6.45. The lowest BCUT2D eigenvalue weighted by Crippen LogP contribution is -2.30. The third-order valence-corrected chi connectivity index (χ3v) is 8.14. The highest BCUT2D eigenvalue weighted by atomic mass is 32.1. The molecule has 228 valence electrons. The van der Waals surface area contributed by atoms with E-state index < -0.39 is 11.4 Å². The molecule has 1 aliphatic heterocycles. The van der Waals surface area contributed by atoms with Crippen molar-refractivity contribution in [1.29, 1.82) is 0 Å². The number of esters is 1. The average molecular weight is 612 g/mol. The van der Waals surface area contributed by atoms with Crippen molar-refractivity contribution in [3.05, 3.63) is 101 Å². The summed E-state index contributed by atoms with van der Waals surface area (Å²) in [5, 5.41) is 7.02. The zero-order chi connectivity index (χ0) is 31.8. The summed E-state index contributed by atoms with van der Waals surface area (Å²) < 4.78 is 12.9. The first-order valence-electron chi connectivity index (χ1n) is 14.3. The van der Waals surface area contributed by atoms with Gasteiger partial charge in [0.05, 0.1) is 48.9 Å². The molecule has 2 aromatic heterocycles. The van der Waals surface area contributed by atoms with E-state index in [2.05, 4.69) is 31.2 Å². The molecule has 0 spiro atoms. The Bertz CT molecular complexity index is 1730. The van der Waals surface area contributed by atoms with Crippen LogP contribution in [0.4, 0.5) is 11.4 Å². The maximum atomic E-state index is 12.8. The minimum Gasteiger partial charge on any atom is -0.494 e. The Morgan fingerprint density at radius 3 is 2.39 bits per heavy atom. The Morgan fingerprint density at radius 2 is 1.73 bits per heavy atom. The number of ether oxygens (including phenoxy) is 2. The molecule has 2 atom stereocenters. The van der Waals surface area contributed by atoms with E-state index in [0.717, 1.165) is 34.0 Å². The van der Waals surface area contributed by atoms with Crippen molar-refractivity contribution in [3.63, 3.8) is 0 Å². The summed E-state index contributed by atoms with van der Waals surface area (Å²) in [7, 11) is 2.96. The van der Waals surface area contributed by atoms with Crippen LogP contribution >= 0.6 is 12.2 Å². The van der Waals surface area contributed by atoms with Gasteiger partial charge in [-0.2, -0.15) is 0 Å². The second-order valence-corrected chi connectivity index (χ2v) is 12.1. The number of carbonyl (C=O) groups is 2. The number of hydrogen-bond acceptors (Lipinski definition) is 6. The molecule has 44 heavy (non-hydrogen) atoms. The summed E-state index contributed by atoms with van der Waals surface area (Å²) in [5.41, 5.74) is 5.74. The second kappa shape index (κ2) is 12.1. The molecule has 1 fully saturated rings. The van der Waals surface area contributed by atoms with E-state index in [4.69, 9.17) is 21.7 Å². The molecular weight excluding hydrogens is 574 g/mol. The van der Waals surface area contributed by atoms with Gasteiger partial charge in [0.2, 0.25) is 5.91 Å². The van der Waals surface area contributed by atoms with Gasteiger partial charge < -0.3 is 29.6 Å². The quantitative estimate of drug-likeness (QED) is 0.182. The Hall–Kier alpha value is -4.70. The number of aromatic nitrogens is 2. The highest BCUT2D eigenvalue weighted by Gasteiger charge is 2.42. The van der Waals surface area contributed by atoms with Crippen LogP contribution in [-0.2, 0) is 9.53 Å². The zero-order valence-corrected chi connectivity index (χ0v) is 26.8. The van der Waals surface area contributed by atoms with E-state index in [9.17, 15) is 9.59 Å². The highest BCUT2D eigenvalue weighted by Crippen LogP contribution is 2.45. The molecule has 0 bridgehead atoms. The summed E-state index contributed by atoms with van der Waals surface area (Å²) in [6.07, 6.45) is 1.77. The van der Waals surface area contributed by atoms with Crippen LogP contribution in [0.5, 0.6) is 5.75 Å². The van der Waals surface area contributed by atoms with Gasteiger partial charge in [-0.05, 0) is 74.1 Å². The number of thiocarbonyl (C=S) groups is 1. The van der Waals surface area contributed by atoms with Crippen molar-refractivity contribution in [1.82, 2.24) is 14.9 Å². The number of hydrogen-bond donors (Lipinski definition) is 2. The van der Waals surface area contributed by atoms with E-state index in [0.29, 0.717) is 22.1 Å². The highest BCUT2D eigenvalue weighted by molar-refractivity contribution is 7.80. The van der Waals surface area contributed by atoms with Crippen LogP contribution in [0.2, 0.25) is 0 Å². The molecule has 1 aliphatic rings. The first-order chi connectivity index (χ1) is 21.0. The molecule has 5 rings (SSSR count). The van der Waals surface area contributed by atoms with Crippen molar-refractivity contribution in [2.24, 2.45) is 5.41 Å². The van der Waals surface area contributed by atoms with E-state index in [1.54, 1.807) is 19.4 Å². The monoisotopic (exact) mass is 611 g/mol. The Morgan fingerprint density at radius 1 is 1.00 bits per heavy atom. The minimum atomic E-state index is -0.569. The Kier molecular flexibility index (Phi) is 8.47. The van der Waals surface area contributed by atoms with Gasteiger partial charge in [-0.15, -0.1) is 0 Å². The standard InChI is InChI=1S/C34H37N5O4S/c1-20-18-24(21(2)38(20)27-14-9-8-12-23(27)31(40)43-7)30-29(26-13-10-11-17-35-26)37-33(44)39(30)22-15-16-25(28(19-22)42-6)36-32(41)34(3,4)5/h8-19,29-30H,1-7H3,(H,36,41)(H,37,44)/t29-,30-/m0/s1. The summed E-state index contributed by atoms with van der Waals surface area (Å²) in [4.78, 5) is 32.2. The number of nitrogens with one attached hydrogen (secondary N) is 2. The third-order valence-electron chi connectivity index (χ3n) is 7.83. The van der Waals surface area contributed by atoms with Gasteiger partial charge in [-0.3, -0.25) is 9.78 Å². The smallest absolute Gasteiger partial charge is 0.339 e. The van der Waals surface area contributed by atoms with Crippen molar-refractivity contribution >= 4 is 40.6 Å². The molecule has 9 nitrogen and oxygen atoms in total. The van der Waals surface area contributed by atoms with Crippen molar-refractivity contribution in [2.45, 2.75) is 46.7 Å². The fraction of sp³-hybridized carbons (Fsp3) is 0.294. The van der Waals surface area contributed by atoms with Crippen LogP contribution in [0.25, 0.3) is 5.69 Å². The Labute approximate surface area is 263 Å². The number of aryl methyl sites for hydroxylation is 1. The van der Waals surface area contributed by atoms with E-state index >= 15 is 0 Å². The molecule has 0 saturated carbocycles. The van der Waals surface area contributed by atoms with Gasteiger partial charge >= 0.3 is 5.97 Å². The molecule has 10 heteroatoms. The fourth-order valence-corrected chi connectivity index (χ4v) is 5.95. The summed E-state index contributed by atoms with van der Waals surface area (Å²) >= 11 is 5.96. The van der Waals surface area contributed by atoms with Crippen molar-refractivity contribution < 1.29 is 19.1 Å². The van der Waals surface area contributed by atoms with Crippen LogP contribution < -0.4 is 20.3 Å². The average Bonchev–Trinajstić information content (AvgIpc) is 3.51. The number of benzene rings is 2. The number of pyridine rings is 1. The van der Waals surface area contributed by atoms with Crippen LogP contribution in [0, 0.1) is 19.3 Å². The van der Waals surface area contributed by atoms with Crippen LogP contribution in [0.15, 0.2) is 72.9 Å². The molecule has 0 unspecified atom stereocenters. The molecular formula is C34H37N5O4S. The first kappa shape index (κ1) is 30.7. The predicted molar refractivity (Wildman–Crippen MR) is 176 cm³/mol. The van der Waals surface area contributed by atoms with Gasteiger partial charge in [0, 0.05) is 34.8 Å². The first-order valence-corrected chi connectivity index (χ1v) is 14.7. The Balaban J connectivity index is 1.65. The van der Waals surface area contributed by atoms with Crippen molar-refractivity contribution in [3.8, 4) is 11.4 Å². The van der Waals surface area contributed by atoms with Crippen LogP contribution in [0.3, 0.4) is 0 Å². The molecule has 2 N–H and O–H groups in total. The largest absolute Gasteiger partial charge is 0.494 e. The summed E-state index contributed by atoms with van der Waals surface area (Å²) in [6, 6.07) is 20.4. The summed E-state index contributed by atoms with van der Waals surface area (Å²) in [5.74, 6) is -0.00724. The zero-order valence-electron chi connectivity index (χ0n) is 26.0. The van der Waals surface area contributed by atoms with E-state index in [-0.39, 0.29) is 18.0 Å². The lowest BCUT2D eigenvalue weighted by atomic mass is 9.95. The maximum absolute atomic E-state index is 12.8. The van der Waals surface area contributed by atoms with Gasteiger partial charge in [0.1, 0.15) is 5.75 Å². The summed E-state index contributed by atoms with van der Waals surface area (Å²) in [6.45, 7) is 9.64. The SMILES string of the molecule is COC(=O)c1ccccc1-n1c(C)cc([C@H]2[C@H](c3ccccn3)NC(=S)N2c2ccc(NC(=O)C(C)(C)C)c(OC)c2)c1C. The number of nitrogens with zero attached hydrogens (tertiary/aromatic N) is 3. The maximum Gasteiger partial charge on any atom is 0.339 e. The minimum absolute atomic E-state index is 0.116. The van der Waals surface area contributed by atoms with Gasteiger partial charge in [-0.1, -0.05) is 39.0 Å². The number of methoxy groups -OCH3 is 2. The van der Waals surface area contributed by atoms with E-state index in [1.807, 2.05) is 89.2 Å². The van der Waals surface area contributed by atoms with Crippen LogP contribution in [0.1, 0.15) is 65.9 Å².